The van der Waals surface area contributed by atoms with Gasteiger partial charge in [0.1, 0.15) is 0 Å². The third kappa shape index (κ3) is 1.18. The van der Waals surface area contributed by atoms with Gasteiger partial charge in [-0.3, -0.25) is 15.0 Å². The van der Waals surface area contributed by atoms with Crippen molar-refractivity contribution in [2.45, 2.75) is 24.8 Å². The highest BCUT2D eigenvalue weighted by Gasteiger charge is 2.71. The summed E-state index contributed by atoms with van der Waals surface area (Å²) >= 11 is 0. The molecule has 0 aromatic heterocycles. The molecule has 0 radical (unpaired) electrons. The predicted octanol–water partition coefficient (Wildman–Crippen LogP) is 0.152. The molecule has 0 bridgehead atoms. The van der Waals surface area contributed by atoms with Crippen molar-refractivity contribution in [1.82, 2.24) is 10.2 Å². The molecule has 0 saturated carbocycles. The van der Waals surface area contributed by atoms with Crippen molar-refractivity contribution >= 4 is 11.8 Å². The molecule has 6 nitrogen and oxygen atoms in total. The Labute approximate surface area is 109 Å². The third-order valence-electron chi connectivity index (χ3n) is 3.75. The van der Waals surface area contributed by atoms with Crippen LogP contribution in [0.5, 0.6) is 0 Å². The maximum Gasteiger partial charge on any atom is 0.322 e. The van der Waals surface area contributed by atoms with Gasteiger partial charge in [0.05, 0.1) is 0 Å². The van der Waals surface area contributed by atoms with Crippen LogP contribution in [0.2, 0.25) is 0 Å². The zero-order chi connectivity index (χ0) is 13.8. The maximum absolute atomic E-state index is 12.2. The third-order valence-corrected chi connectivity index (χ3v) is 3.75. The molecule has 1 aliphatic carbocycles. The van der Waals surface area contributed by atoms with Gasteiger partial charge in [-0.05, 0) is 6.42 Å². The number of aliphatic hydroxyl groups is 2. The van der Waals surface area contributed by atoms with E-state index in [4.69, 9.17) is 0 Å². The van der Waals surface area contributed by atoms with Crippen LogP contribution in [0.4, 0.5) is 4.79 Å². The first-order valence-corrected chi connectivity index (χ1v) is 6.15. The van der Waals surface area contributed by atoms with E-state index in [9.17, 15) is 19.8 Å². The lowest BCUT2D eigenvalue weighted by Crippen LogP contribution is -2.59. The fourth-order valence-electron chi connectivity index (χ4n) is 2.87. The van der Waals surface area contributed by atoms with Crippen molar-refractivity contribution in [2.24, 2.45) is 0 Å². The van der Waals surface area contributed by atoms with Crippen LogP contribution < -0.4 is 5.32 Å². The van der Waals surface area contributed by atoms with Gasteiger partial charge < -0.3 is 10.2 Å². The summed E-state index contributed by atoms with van der Waals surface area (Å²) in [7, 11) is 0. The highest BCUT2D eigenvalue weighted by atomic mass is 16.4. The van der Waals surface area contributed by atoms with Gasteiger partial charge in [-0.15, -0.1) is 0 Å². The number of nitrogens with zero attached hydrogens (tertiary/aromatic N) is 1. The minimum Gasteiger partial charge on any atom is -0.362 e. The second kappa shape index (κ2) is 3.55. The molecule has 3 N–H and O–H groups in total. The van der Waals surface area contributed by atoms with Crippen LogP contribution in [0.25, 0.3) is 0 Å². The molecule has 2 amide bonds. The number of urea groups is 1. The maximum atomic E-state index is 12.2. The highest BCUT2D eigenvalue weighted by molar-refractivity contribution is 6.11. The Morgan fingerprint density at radius 3 is 2.63 bits per heavy atom. The SMILES string of the molecule is CCCN1C(=O)N[C@]2(O)C(=O)c3ccccc3[C@]12O. The number of carbonyl (C=O) groups excluding carboxylic acids is 2. The van der Waals surface area contributed by atoms with E-state index in [1.54, 1.807) is 18.2 Å². The lowest BCUT2D eigenvalue weighted by Gasteiger charge is -2.34. The molecular formula is C13H14N2O4. The van der Waals surface area contributed by atoms with Crippen LogP contribution in [0.1, 0.15) is 29.3 Å². The van der Waals surface area contributed by atoms with E-state index >= 15 is 0 Å². The molecule has 2 atom stereocenters. The van der Waals surface area contributed by atoms with Gasteiger partial charge in [0.25, 0.3) is 5.72 Å². The summed E-state index contributed by atoms with van der Waals surface area (Å²) in [5.74, 6) is -0.683. The normalized spacial score (nSPS) is 32.3. The largest absolute Gasteiger partial charge is 0.362 e. The number of hydrogen-bond donors (Lipinski definition) is 3. The topological polar surface area (TPSA) is 89.9 Å². The standard InChI is InChI=1S/C13H14N2O4/c1-2-7-15-11(17)14-12(18)10(16)8-5-3-4-6-9(8)13(12,15)19/h3-6,18-19H,2,7H2,1H3,(H,14,17)/t12-,13+/m0/s1. The quantitative estimate of drug-likeness (QED) is 0.707. The molecule has 1 aromatic carbocycles. The summed E-state index contributed by atoms with van der Waals surface area (Å²) in [6.45, 7) is 2.09. The van der Waals surface area contributed by atoms with Gasteiger partial charge in [0.2, 0.25) is 11.5 Å². The lowest BCUT2D eigenvalue weighted by molar-refractivity contribution is -0.174. The molecule has 0 unspecified atom stereocenters. The first-order valence-electron chi connectivity index (χ1n) is 6.15. The van der Waals surface area contributed by atoms with Crippen molar-refractivity contribution in [2.75, 3.05) is 6.54 Å². The summed E-state index contributed by atoms with van der Waals surface area (Å²) in [6.07, 6.45) is 0.599. The first kappa shape index (κ1) is 12.1. The smallest absolute Gasteiger partial charge is 0.322 e. The Morgan fingerprint density at radius 1 is 1.26 bits per heavy atom. The molecule has 1 saturated heterocycles. The number of rotatable bonds is 2. The second-order valence-corrected chi connectivity index (χ2v) is 4.84. The van der Waals surface area contributed by atoms with E-state index in [0.29, 0.717) is 6.42 Å². The second-order valence-electron chi connectivity index (χ2n) is 4.84. The molecule has 1 aliphatic heterocycles. The molecule has 0 spiro atoms. The lowest BCUT2D eigenvalue weighted by atomic mass is 9.99. The van der Waals surface area contributed by atoms with Crippen molar-refractivity contribution in [3.63, 3.8) is 0 Å². The number of fused-ring (bicyclic) bond motifs is 3. The number of hydrogen-bond acceptors (Lipinski definition) is 4. The van der Waals surface area contributed by atoms with E-state index in [2.05, 4.69) is 5.32 Å². The van der Waals surface area contributed by atoms with Gasteiger partial charge in [-0.1, -0.05) is 31.2 Å². The number of amides is 2. The van der Waals surface area contributed by atoms with Crippen molar-refractivity contribution in [3.8, 4) is 0 Å². The molecular weight excluding hydrogens is 248 g/mol. The number of ketones is 1. The fourth-order valence-corrected chi connectivity index (χ4v) is 2.87. The summed E-state index contributed by atoms with van der Waals surface area (Å²) in [5, 5.41) is 23.5. The Balaban J connectivity index is 2.25. The van der Waals surface area contributed by atoms with E-state index in [-0.39, 0.29) is 17.7 Å². The summed E-state index contributed by atoms with van der Waals surface area (Å²) < 4.78 is 0. The number of benzene rings is 1. The van der Waals surface area contributed by atoms with Crippen molar-refractivity contribution in [3.05, 3.63) is 35.4 Å². The van der Waals surface area contributed by atoms with Gasteiger partial charge in [-0.2, -0.15) is 0 Å². The Hall–Kier alpha value is -1.92. The van der Waals surface area contributed by atoms with Gasteiger partial charge in [0, 0.05) is 17.7 Å². The molecule has 3 rings (SSSR count). The fraction of sp³-hybridized carbons (Fsp3) is 0.385. The minimum atomic E-state index is -2.30. The van der Waals surface area contributed by atoms with Crippen LogP contribution in [-0.4, -0.2) is 39.2 Å². The Bertz CT molecular complexity index is 588. The summed E-state index contributed by atoms with van der Waals surface area (Å²) in [6, 6.07) is 5.74. The molecule has 2 aliphatic rings. The monoisotopic (exact) mass is 262 g/mol. The first-order chi connectivity index (χ1) is 8.96. The van der Waals surface area contributed by atoms with E-state index in [0.717, 1.165) is 4.90 Å². The van der Waals surface area contributed by atoms with Gasteiger partial charge >= 0.3 is 6.03 Å². The average molecular weight is 262 g/mol. The number of carbonyl (C=O) groups is 2. The van der Waals surface area contributed by atoms with Crippen LogP contribution in [-0.2, 0) is 5.72 Å². The molecule has 1 fully saturated rings. The van der Waals surface area contributed by atoms with Crippen molar-refractivity contribution < 1.29 is 19.8 Å². The zero-order valence-corrected chi connectivity index (χ0v) is 10.4. The number of Topliss-reactive ketones (excluding diaryl/α,β-unsaturated/α-hetero) is 1. The molecule has 19 heavy (non-hydrogen) atoms. The Kier molecular flexibility index (Phi) is 2.27. The molecule has 1 heterocycles. The molecule has 100 valence electrons. The predicted molar refractivity (Wildman–Crippen MR) is 65.1 cm³/mol. The molecule has 6 heteroatoms. The Morgan fingerprint density at radius 2 is 1.95 bits per heavy atom. The number of nitrogens with one attached hydrogen (secondary N) is 1. The van der Waals surface area contributed by atoms with Gasteiger partial charge in [0.15, 0.2) is 0 Å². The summed E-state index contributed by atoms with van der Waals surface area (Å²) in [5.41, 5.74) is -3.85. The van der Waals surface area contributed by atoms with Crippen LogP contribution in [0.3, 0.4) is 0 Å². The highest BCUT2D eigenvalue weighted by Crippen LogP contribution is 2.48. The van der Waals surface area contributed by atoms with Crippen LogP contribution in [0.15, 0.2) is 24.3 Å². The zero-order valence-electron chi connectivity index (χ0n) is 10.4. The average Bonchev–Trinajstić information content (AvgIpc) is 2.69. The van der Waals surface area contributed by atoms with E-state index in [1.165, 1.54) is 6.07 Å². The molecule has 1 aromatic rings. The summed E-state index contributed by atoms with van der Waals surface area (Å²) in [4.78, 5) is 25.2. The van der Waals surface area contributed by atoms with Crippen molar-refractivity contribution in [1.29, 1.82) is 0 Å². The van der Waals surface area contributed by atoms with E-state index in [1.807, 2.05) is 6.92 Å². The van der Waals surface area contributed by atoms with E-state index < -0.39 is 23.3 Å². The van der Waals surface area contributed by atoms with Crippen LogP contribution >= 0.6 is 0 Å². The minimum absolute atomic E-state index is 0.230. The van der Waals surface area contributed by atoms with Crippen LogP contribution in [0, 0.1) is 0 Å². The van der Waals surface area contributed by atoms with Gasteiger partial charge in [-0.25, -0.2) is 4.79 Å².